The van der Waals surface area contributed by atoms with Crippen LogP contribution in [0.15, 0.2) is 22.6 Å². The predicted molar refractivity (Wildman–Crippen MR) is 81.4 cm³/mol. The summed E-state index contributed by atoms with van der Waals surface area (Å²) in [7, 11) is 0. The van der Waals surface area contributed by atoms with Gasteiger partial charge in [-0.2, -0.15) is 4.39 Å². The first kappa shape index (κ1) is 13.5. The summed E-state index contributed by atoms with van der Waals surface area (Å²) in [4.78, 5) is 4.33. The van der Waals surface area contributed by atoms with E-state index in [0.717, 1.165) is 17.7 Å². The Morgan fingerprint density at radius 3 is 3.19 bits per heavy atom. The fraction of sp³-hybridized carbons (Fsp3) is 0.250. The van der Waals surface area contributed by atoms with Crippen molar-refractivity contribution in [2.45, 2.75) is 25.8 Å². The predicted octanol–water partition coefficient (Wildman–Crippen LogP) is 2.23. The topological polar surface area (TPSA) is 61.9 Å². The molecule has 0 saturated carbocycles. The second-order valence-corrected chi connectivity index (χ2v) is 5.26. The van der Waals surface area contributed by atoms with Crippen LogP contribution < -0.4 is 16.1 Å². The van der Waals surface area contributed by atoms with Gasteiger partial charge in [-0.3, -0.25) is 5.41 Å². The van der Waals surface area contributed by atoms with Crippen molar-refractivity contribution < 1.29 is 8.81 Å². The van der Waals surface area contributed by atoms with Crippen molar-refractivity contribution in [3.05, 3.63) is 34.5 Å². The molecular formula is C16H16FN3O. The van der Waals surface area contributed by atoms with Crippen molar-refractivity contribution in [1.29, 1.82) is 5.41 Å². The van der Waals surface area contributed by atoms with Crippen LogP contribution in [0.2, 0.25) is 0 Å². The zero-order chi connectivity index (χ0) is 15.0. The van der Waals surface area contributed by atoms with Crippen LogP contribution in [0.5, 0.6) is 0 Å². The van der Waals surface area contributed by atoms with Crippen LogP contribution in [0.4, 0.5) is 10.1 Å². The standard InChI is InChI=1S/C16H16FN3O/c1-9-7-12-8-11(3-4-14(12)19-9)16-20-13(10(2)21-16)5-6-15(17)18/h3-5,8-9,18-19H,2,6-7H2,1H3/b13-5+,18-15?. The van der Waals surface area contributed by atoms with E-state index in [4.69, 9.17) is 9.83 Å². The molecule has 1 unspecified atom stereocenters. The summed E-state index contributed by atoms with van der Waals surface area (Å²) in [6, 6.07) is 6.44. The minimum Gasteiger partial charge on any atom is -0.437 e. The third-order valence-corrected chi connectivity index (χ3v) is 3.48. The van der Waals surface area contributed by atoms with Crippen LogP contribution in [-0.2, 0) is 6.42 Å². The van der Waals surface area contributed by atoms with Gasteiger partial charge in [0.15, 0.2) is 5.97 Å². The van der Waals surface area contributed by atoms with E-state index >= 15 is 0 Å². The first-order valence-corrected chi connectivity index (χ1v) is 6.81. The Labute approximate surface area is 121 Å². The summed E-state index contributed by atoms with van der Waals surface area (Å²) >= 11 is 0. The number of hydrogen-bond acceptors (Lipinski definition) is 4. The number of rotatable bonds is 3. The van der Waals surface area contributed by atoms with Crippen LogP contribution in [-0.4, -0.2) is 17.0 Å². The average Bonchev–Trinajstić information content (AvgIpc) is 2.97. The van der Waals surface area contributed by atoms with Gasteiger partial charge in [0.25, 0.3) is 0 Å². The Morgan fingerprint density at radius 1 is 1.62 bits per heavy atom. The molecular weight excluding hydrogens is 269 g/mol. The lowest BCUT2D eigenvalue weighted by molar-refractivity contribution is 0.542. The van der Waals surface area contributed by atoms with E-state index in [2.05, 4.69) is 29.9 Å². The van der Waals surface area contributed by atoms with E-state index in [9.17, 15) is 4.39 Å². The fourth-order valence-electron chi connectivity index (χ4n) is 2.52. The van der Waals surface area contributed by atoms with Crippen molar-refractivity contribution >= 4 is 24.3 Å². The lowest BCUT2D eigenvalue weighted by Crippen LogP contribution is -2.20. The van der Waals surface area contributed by atoms with Gasteiger partial charge in [-0.25, -0.2) is 4.98 Å². The number of oxazole rings is 1. The number of anilines is 1. The van der Waals surface area contributed by atoms with Gasteiger partial charge >= 0.3 is 0 Å². The molecule has 0 amide bonds. The van der Waals surface area contributed by atoms with Gasteiger partial charge < -0.3 is 9.73 Å². The molecule has 2 aromatic rings. The van der Waals surface area contributed by atoms with Crippen molar-refractivity contribution in [3.63, 3.8) is 0 Å². The largest absolute Gasteiger partial charge is 0.437 e. The molecule has 3 rings (SSSR count). The summed E-state index contributed by atoms with van der Waals surface area (Å²) in [5.74, 6) is -0.435. The third-order valence-electron chi connectivity index (χ3n) is 3.48. The molecule has 0 radical (unpaired) electrons. The number of nitrogens with one attached hydrogen (secondary N) is 2. The number of nitrogens with zero attached hydrogens (tertiary/aromatic N) is 1. The molecule has 21 heavy (non-hydrogen) atoms. The zero-order valence-corrected chi connectivity index (χ0v) is 11.7. The number of hydrogen-bond donors (Lipinski definition) is 2. The molecule has 4 nitrogen and oxygen atoms in total. The van der Waals surface area contributed by atoms with E-state index in [-0.39, 0.29) is 6.42 Å². The van der Waals surface area contributed by atoms with Crippen LogP contribution in [0, 0.1) is 5.41 Å². The second kappa shape index (κ2) is 5.16. The number of benzene rings is 1. The van der Waals surface area contributed by atoms with Gasteiger partial charge in [0.05, 0.1) is 0 Å². The van der Waals surface area contributed by atoms with Gasteiger partial charge in [0, 0.05) is 23.7 Å². The highest BCUT2D eigenvalue weighted by Crippen LogP contribution is 2.29. The van der Waals surface area contributed by atoms with Crippen LogP contribution in [0.25, 0.3) is 24.1 Å². The van der Waals surface area contributed by atoms with Crippen LogP contribution >= 0.6 is 0 Å². The molecule has 0 fully saturated rings. The molecule has 0 bridgehead atoms. The molecule has 2 N–H and O–H groups in total. The molecule has 0 spiro atoms. The number of fused-ring (bicyclic) bond motifs is 1. The normalized spacial score (nSPS) is 17.6. The lowest BCUT2D eigenvalue weighted by atomic mass is 10.1. The fourth-order valence-corrected chi connectivity index (χ4v) is 2.52. The Kier molecular flexibility index (Phi) is 3.33. The average molecular weight is 285 g/mol. The molecule has 0 saturated heterocycles. The lowest BCUT2D eigenvalue weighted by Gasteiger charge is -2.02. The van der Waals surface area contributed by atoms with E-state index in [1.165, 1.54) is 11.6 Å². The quantitative estimate of drug-likeness (QED) is 0.850. The highest BCUT2D eigenvalue weighted by Gasteiger charge is 2.17. The molecule has 1 atom stereocenters. The summed E-state index contributed by atoms with van der Waals surface area (Å²) in [5.41, 5.74) is 3.65. The van der Waals surface area contributed by atoms with Gasteiger partial charge in [0.2, 0.25) is 5.89 Å². The maximum Gasteiger partial charge on any atom is 0.227 e. The summed E-state index contributed by atoms with van der Waals surface area (Å²) < 4.78 is 18.1. The van der Waals surface area contributed by atoms with E-state index < -0.39 is 5.97 Å². The summed E-state index contributed by atoms with van der Waals surface area (Å²) in [5, 5.41) is 10.7. The smallest absolute Gasteiger partial charge is 0.227 e. The monoisotopic (exact) mass is 285 g/mol. The highest BCUT2D eigenvalue weighted by atomic mass is 19.1. The third kappa shape index (κ3) is 2.72. The van der Waals surface area contributed by atoms with Crippen molar-refractivity contribution in [2.24, 2.45) is 0 Å². The van der Waals surface area contributed by atoms with E-state index in [1.54, 1.807) is 0 Å². The van der Waals surface area contributed by atoms with Gasteiger partial charge in [-0.1, -0.05) is 6.58 Å². The molecule has 108 valence electrons. The van der Waals surface area contributed by atoms with Gasteiger partial charge in [0.1, 0.15) is 10.8 Å². The SMILES string of the molecule is C=c1oc(-c2ccc3c(c2)CC(C)N3)n/c1=C/CC(=N)F. The van der Waals surface area contributed by atoms with Gasteiger partial charge in [-0.15, -0.1) is 0 Å². The molecule has 1 aromatic heterocycles. The first-order chi connectivity index (χ1) is 10.0. The number of halogens is 1. The van der Waals surface area contributed by atoms with E-state index in [0.29, 0.717) is 22.7 Å². The maximum atomic E-state index is 12.5. The Balaban J connectivity index is 1.97. The van der Waals surface area contributed by atoms with Gasteiger partial charge in [-0.05, 0) is 43.2 Å². The molecule has 1 aliphatic rings. The minimum absolute atomic E-state index is 0.0971. The Morgan fingerprint density at radius 2 is 2.43 bits per heavy atom. The number of aromatic nitrogens is 1. The van der Waals surface area contributed by atoms with Crippen molar-refractivity contribution in [3.8, 4) is 11.5 Å². The molecule has 1 aromatic carbocycles. The second-order valence-electron chi connectivity index (χ2n) is 5.26. The minimum atomic E-state index is -0.906. The Bertz CT molecular complexity index is 809. The molecule has 0 aliphatic carbocycles. The van der Waals surface area contributed by atoms with Crippen molar-refractivity contribution in [1.82, 2.24) is 4.98 Å². The van der Waals surface area contributed by atoms with Crippen molar-refractivity contribution in [2.75, 3.05) is 5.32 Å². The van der Waals surface area contributed by atoms with Crippen LogP contribution in [0.1, 0.15) is 18.9 Å². The maximum absolute atomic E-state index is 12.5. The van der Waals surface area contributed by atoms with Crippen LogP contribution in [0.3, 0.4) is 0 Å². The molecule has 5 heteroatoms. The summed E-state index contributed by atoms with van der Waals surface area (Å²) in [6.45, 7) is 5.90. The molecule has 1 aliphatic heterocycles. The first-order valence-electron chi connectivity index (χ1n) is 6.81. The highest BCUT2D eigenvalue weighted by molar-refractivity contribution is 5.76. The zero-order valence-electron chi connectivity index (χ0n) is 11.7. The Hall–Kier alpha value is -2.43. The molecule has 2 heterocycles. The van der Waals surface area contributed by atoms with E-state index in [1.807, 2.05) is 12.1 Å². The summed E-state index contributed by atoms with van der Waals surface area (Å²) in [6.07, 6.45) is 2.38.